The first-order valence-corrected chi connectivity index (χ1v) is 20.8. The molecule has 4 aromatic rings. The monoisotopic (exact) mass is 866 g/mol. The number of nitrogens with zero attached hydrogens (tertiary/aromatic N) is 2. The Labute approximate surface area is 365 Å². The third-order valence-corrected chi connectivity index (χ3v) is 10.1. The minimum atomic E-state index is -1.16. The van der Waals surface area contributed by atoms with Crippen molar-refractivity contribution in [2.75, 3.05) is 19.6 Å². The van der Waals surface area contributed by atoms with E-state index in [1.807, 2.05) is 72.8 Å². The van der Waals surface area contributed by atoms with Gasteiger partial charge in [0.05, 0.1) is 4.92 Å². The van der Waals surface area contributed by atoms with E-state index in [0.29, 0.717) is 31.2 Å². The highest BCUT2D eigenvalue weighted by Crippen LogP contribution is 2.22. The summed E-state index contributed by atoms with van der Waals surface area (Å²) in [5, 5.41) is 23.6. The Hall–Kier alpha value is -7.04. The molecule has 4 N–H and O–H groups in total. The summed E-state index contributed by atoms with van der Waals surface area (Å²) in [6.07, 6.45) is 0.398. The highest BCUT2D eigenvalue weighted by Gasteiger charge is 2.39. The van der Waals surface area contributed by atoms with E-state index < -0.39 is 71.1 Å². The highest BCUT2D eigenvalue weighted by atomic mass is 16.6. The van der Waals surface area contributed by atoms with Crippen LogP contribution in [0.2, 0.25) is 0 Å². The van der Waals surface area contributed by atoms with Crippen LogP contribution >= 0.6 is 0 Å². The Kier molecular flexibility index (Phi) is 16.9. The second-order valence-electron chi connectivity index (χ2n) is 16.1. The Balaban J connectivity index is 1.24. The molecule has 5 rings (SSSR count). The van der Waals surface area contributed by atoms with E-state index in [9.17, 15) is 38.9 Å². The zero-order chi connectivity index (χ0) is 45.4. The van der Waals surface area contributed by atoms with Crippen LogP contribution in [0.25, 0.3) is 10.8 Å². The number of hydrogen-bond donors (Lipinski definition) is 4. The van der Waals surface area contributed by atoms with E-state index in [2.05, 4.69) is 21.3 Å². The van der Waals surface area contributed by atoms with Gasteiger partial charge in [0.1, 0.15) is 43.5 Å². The molecule has 4 aromatic carbocycles. The normalized spacial score (nSPS) is 14.5. The molecular formula is C46H54N6O11. The average molecular weight is 867 g/mol. The number of unbranched alkanes of at least 4 members (excludes halogenated alkanes) is 1. The van der Waals surface area contributed by atoms with E-state index >= 15 is 0 Å². The molecule has 17 heteroatoms. The number of carbonyl (C=O) groups is 6. The molecule has 0 unspecified atom stereocenters. The Bertz CT molecular complexity index is 2230. The van der Waals surface area contributed by atoms with Gasteiger partial charge in [0, 0.05) is 31.6 Å². The summed E-state index contributed by atoms with van der Waals surface area (Å²) in [6.45, 7) is 4.99. The topological polar surface area (TPSA) is 225 Å². The summed E-state index contributed by atoms with van der Waals surface area (Å²) in [5.41, 5.74) is 1.13. The smallest absolute Gasteiger partial charge is 0.408 e. The summed E-state index contributed by atoms with van der Waals surface area (Å²) >= 11 is 0. The minimum Gasteiger partial charge on any atom is -0.460 e. The Morgan fingerprint density at radius 2 is 1.43 bits per heavy atom. The number of carbonyl (C=O) groups excluding carboxylic acids is 6. The molecule has 1 aliphatic heterocycles. The lowest BCUT2D eigenvalue weighted by molar-refractivity contribution is -0.384. The molecule has 0 aliphatic carbocycles. The quantitative estimate of drug-likeness (QED) is 0.0298. The lowest BCUT2D eigenvalue weighted by atomic mass is 9.99. The maximum Gasteiger partial charge on any atom is 0.408 e. The van der Waals surface area contributed by atoms with Gasteiger partial charge in [-0.3, -0.25) is 29.3 Å². The number of benzene rings is 4. The molecule has 0 aromatic heterocycles. The van der Waals surface area contributed by atoms with E-state index in [0.717, 1.165) is 21.9 Å². The first kappa shape index (κ1) is 47.0. The van der Waals surface area contributed by atoms with Crippen LogP contribution in [0.4, 0.5) is 15.3 Å². The molecule has 5 amide bonds. The Morgan fingerprint density at radius 1 is 0.762 bits per heavy atom. The highest BCUT2D eigenvalue weighted by molar-refractivity contribution is 5.95. The zero-order valence-corrected chi connectivity index (χ0v) is 35.6. The van der Waals surface area contributed by atoms with Gasteiger partial charge in [0.15, 0.2) is 0 Å². The predicted octanol–water partition coefficient (Wildman–Crippen LogP) is 5.62. The molecule has 0 saturated carbocycles. The van der Waals surface area contributed by atoms with Crippen LogP contribution in [0.15, 0.2) is 97.1 Å². The molecule has 0 bridgehead atoms. The first-order chi connectivity index (χ1) is 30.1. The van der Waals surface area contributed by atoms with Crippen molar-refractivity contribution in [3.05, 3.63) is 124 Å². The standard InChI is InChI=1S/C46H54N6O11/c1-46(2,3)63-45(58)50-37(16-9-10-24-47-44(57)62-30-31-12-5-4-6-13-31)41(54)49-38(27-33-18-21-34-14-7-8-15-35(34)26-33)43(56)51-25-11-17-39(51)42(55)48-28-40(53)61-29-32-19-22-36(23-20-32)52(59)60/h4-8,12-15,18-23,26,37-39H,9-11,16-17,24-25,27-30H2,1-3H3,(H,47,57)(H,48,55)(H,49,54)(H,50,58)/t37-,38+,39-/m1/s1. The Morgan fingerprint density at radius 3 is 2.14 bits per heavy atom. The molecule has 1 fully saturated rings. The fourth-order valence-corrected chi connectivity index (χ4v) is 6.94. The summed E-state index contributed by atoms with van der Waals surface area (Å²) in [6, 6.07) is 24.9. The summed E-state index contributed by atoms with van der Waals surface area (Å²) < 4.78 is 16.0. The van der Waals surface area contributed by atoms with E-state index in [-0.39, 0.29) is 44.8 Å². The third-order valence-electron chi connectivity index (χ3n) is 10.1. The van der Waals surface area contributed by atoms with Crippen molar-refractivity contribution in [1.29, 1.82) is 0 Å². The summed E-state index contributed by atoms with van der Waals surface area (Å²) in [7, 11) is 0. The van der Waals surface area contributed by atoms with Crippen molar-refractivity contribution in [1.82, 2.24) is 26.2 Å². The van der Waals surface area contributed by atoms with Crippen LogP contribution in [0.3, 0.4) is 0 Å². The third kappa shape index (κ3) is 15.1. The van der Waals surface area contributed by atoms with E-state index in [1.54, 1.807) is 20.8 Å². The fourth-order valence-electron chi connectivity index (χ4n) is 6.94. The fraction of sp³-hybridized carbons (Fsp3) is 0.391. The number of nitro groups is 1. The van der Waals surface area contributed by atoms with E-state index in [4.69, 9.17) is 14.2 Å². The lowest BCUT2D eigenvalue weighted by Gasteiger charge is -2.30. The van der Waals surface area contributed by atoms with Crippen molar-refractivity contribution in [3.8, 4) is 0 Å². The largest absolute Gasteiger partial charge is 0.460 e. The van der Waals surface area contributed by atoms with Gasteiger partial charge < -0.3 is 40.4 Å². The number of nitro benzene ring substituents is 1. The first-order valence-electron chi connectivity index (χ1n) is 20.8. The lowest BCUT2D eigenvalue weighted by Crippen LogP contribution is -2.57. The van der Waals surface area contributed by atoms with Gasteiger partial charge in [-0.2, -0.15) is 0 Å². The number of rotatable bonds is 19. The molecule has 3 atom stereocenters. The SMILES string of the molecule is CC(C)(C)OC(=O)N[C@H](CCCCNC(=O)OCc1ccccc1)C(=O)N[C@@H](Cc1ccc2ccccc2c1)C(=O)N1CCC[C@@H]1C(=O)NCC(=O)OCc1ccc([N+](=O)[O-])cc1. The van der Waals surface area contributed by atoms with Crippen LogP contribution in [-0.4, -0.2) is 89.1 Å². The second-order valence-corrected chi connectivity index (χ2v) is 16.1. The molecule has 1 heterocycles. The number of non-ortho nitro benzene ring substituents is 1. The maximum atomic E-state index is 14.5. The molecular weight excluding hydrogens is 813 g/mol. The van der Waals surface area contributed by atoms with Crippen molar-refractivity contribution in [3.63, 3.8) is 0 Å². The van der Waals surface area contributed by atoms with Crippen LogP contribution in [-0.2, 0) is 53.0 Å². The minimum absolute atomic E-state index is 0.0589. The maximum absolute atomic E-state index is 14.5. The number of ether oxygens (including phenoxy) is 3. The summed E-state index contributed by atoms with van der Waals surface area (Å²) in [5.74, 6) is -2.50. The van der Waals surface area contributed by atoms with Crippen molar-refractivity contribution < 1.29 is 47.9 Å². The molecule has 0 spiro atoms. The molecule has 63 heavy (non-hydrogen) atoms. The molecule has 1 saturated heterocycles. The molecule has 17 nitrogen and oxygen atoms in total. The van der Waals surface area contributed by atoms with Crippen LogP contribution in [0.5, 0.6) is 0 Å². The predicted molar refractivity (Wildman–Crippen MR) is 232 cm³/mol. The molecule has 334 valence electrons. The van der Waals surface area contributed by atoms with Gasteiger partial charge in [0.2, 0.25) is 17.7 Å². The number of fused-ring (bicyclic) bond motifs is 1. The van der Waals surface area contributed by atoms with Crippen molar-refractivity contribution in [2.24, 2.45) is 0 Å². The number of amides is 5. The van der Waals surface area contributed by atoms with Crippen LogP contribution in [0, 0.1) is 10.1 Å². The van der Waals surface area contributed by atoms with E-state index in [1.165, 1.54) is 29.2 Å². The van der Waals surface area contributed by atoms with Gasteiger partial charge in [-0.1, -0.05) is 72.8 Å². The van der Waals surface area contributed by atoms with Crippen molar-refractivity contribution >= 4 is 52.3 Å². The van der Waals surface area contributed by atoms with Gasteiger partial charge in [-0.25, -0.2) is 9.59 Å². The molecule has 0 radical (unpaired) electrons. The van der Waals surface area contributed by atoms with Crippen molar-refractivity contribution in [2.45, 2.75) is 96.2 Å². The number of alkyl carbamates (subject to hydrolysis) is 2. The number of nitrogens with one attached hydrogen (secondary N) is 4. The van der Waals surface area contributed by atoms with Gasteiger partial charge in [0.25, 0.3) is 5.69 Å². The van der Waals surface area contributed by atoms with Gasteiger partial charge >= 0.3 is 18.2 Å². The summed E-state index contributed by atoms with van der Waals surface area (Å²) in [4.78, 5) is 91.8. The number of hydrogen-bond acceptors (Lipinski definition) is 11. The second kappa shape index (κ2) is 22.7. The van der Waals surface area contributed by atoms with Gasteiger partial charge in [-0.05, 0) is 92.5 Å². The van der Waals surface area contributed by atoms with Gasteiger partial charge in [-0.15, -0.1) is 0 Å². The van der Waals surface area contributed by atoms with Crippen LogP contribution in [0.1, 0.15) is 69.6 Å². The average Bonchev–Trinajstić information content (AvgIpc) is 3.76. The van der Waals surface area contributed by atoms with Crippen LogP contribution < -0.4 is 21.3 Å². The zero-order valence-electron chi connectivity index (χ0n) is 35.6. The molecule has 1 aliphatic rings. The number of esters is 1. The number of likely N-dealkylation sites (tertiary alicyclic amines) is 1.